The highest BCUT2D eigenvalue weighted by molar-refractivity contribution is 9.25. The van der Waals surface area contributed by atoms with Crippen LogP contribution in [0.15, 0.2) is 0 Å². The Bertz CT molecular complexity index is 715. The average Bonchev–Trinajstić information content (AvgIpc) is 2.66. The summed E-state index contributed by atoms with van der Waals surface area (Å²) in [5.74, 6) is 0. The zero-order valence-corrected chi connectivity index (χ0v) is 31.6. The molecule has 0 aromatic carbocycles. The van der Waals surface area contributed by atoms with Crippen molar-refractivity contribution in [1.82, 2.24) is 15.4 Å². The maximum absolute atomic E-state index is 4.56. The van der Waals surface area contributed by atoms with E-state index in [4.69, 9.17) is 0 Å². The summed E-state index contributed by atoms with van der Waals surface area (Å²) in [6, 6.07) is 0. The van der Waals surface area contributed by atoms with Crippen LogP contribution in [0, 0.1) is 16.2 Å². The molecule has 0 saturated carbocycles. The number of rotatable bonds is 9. The highest BCUT2D eigenvalue weighted by Gasteiger charge is 2.56. The summed E-state index contributed by atoms with van der Waals surface area (Å²) in [6.45, 7) is 12.9. The van der Waals surface area contributed by atoms with Crippen molar-refractivity contribution in [2.75, 3.05) is 16.0 Å². The first kappa shape index (κ1) is 31.4. The second kappa shape index (κ2) is 10.8. The number of hydrogen-bond donors (Lipinski definition) is 0. The molecule has 0 amide bonds. The average molecular weight is 1000 g/mol. The number of aromatic nitrogens is 3. The molecule has 30 heavy (non-hydrogen) atoms. The van der Waals surface area contributed by atoms with Crippen LogP contribution in [0.1, 0.15) is 58.5 Å². The van der Waals surface area contributed by atoms with Gasteiger partial charge in [0.25, 0.3) is 0 Å². The Hall–Kier alpha value is 3.33. The maximum atomic E-state index is 4.56. The van der Waals surface area contributed by atoms with Crippen LogP contribution in [0.5, 0.6) is 0 Å². The van der Waals surface area contributed by atoms with Crippen molar-refractivity contribution in [1.29, 1.82) is 0 Å². The minimum absolute atomic E-state index is 0.254. The fraction of sp³-hybridized carbons (Fsp3) is 0.833. The van der Waals surface area contributed by atoms with Gasteiger partial charge in [0.15, 0.2) is 0 Å². The largest absolute Gasteiger partial charge is 0.132 e. The van der Waals surface area contributed by atoms with Crippen LogP contribution >= 0.6 is 143 Å². The molecule has 0 aliphatic heterocycles. The molecular weight excluding hydrogens is 977 g/mol. The number of halogens is 9. The van der Waals surface area contributed by atoms with E-state index in [0.717, 1.165) is 32.9 Å². The molecule has 1 rings (SSSR count). The number of nitrogens with zero attached hydrogens (tertiary/aromatic N) is 3. The van der Waals surface area contributed by atoms with Gasteiger partial charge in [0.2, 0.25) is 0 Å². The Morgan fingerprint density at radius 1 is 0.533 bits per heavy atom. The molecule has 0 spiro atoms. The van der Waals surface area contributed by atoms with Gasteiger partial charge in [-0.05, 0) is 5.21 Å². The zero-order valence-electron chi connectivity index (χ0n) is 17.4. The van der Waals surface area contributed by atoms with Gasteiger partial charge < -0.3 is 0 Å². The van der Waals surface area contributed by atoms with Gasteiger partial charge in [0, 0.05) is 37.8 Å². The van der Waals surface area contributed by atoms with Gasteiger partial charge in [0.1, 0.15) is 21.1 Å². The van der Waals surface area contributed by atoms with E-state index in [1.54, 1.807) is 0 Å². The summed E-state index contributed by atoms with van der Waals surface area (Å²) in [7, 11) is 0. The first-order chi connectivity index (χ1) is 13.3. The monoisotopic (exact) mass is 992 g/mol. The Labute approximate surface area is 255 Å². The molecule has 12 heteroatoms. The first-order valence-electron chi connectivity index (χ1n) is 8.84. The molecule has 0 aliphatic carbocycles. The normalized spacial score (nSPS) is 14.9. The van der Waals surface area contributed by atoms with E-state index in [1.807, 2.05) is 0 Å². The topological polar surface area (TPSA) is 38.7 Å². The highest BCUT2D eigenvalue weighted by Crippen LogP contribution is 2.63. The van der Waals surface area contributed by atoms with Gasteiger partial charge in [-0.1, -0.05) is 185 Å². The molecule has 1 heterocycles. The fourth-order valence-corrected chi connectivity index (χ4v) is 8.51. The Morgan fingerprint density at radius 2 is 0.800 bits per heavy atom. The number of hydrogen-bond acceptors (Lipinski definition) is 3. The Morgan fingerprint density at radius 3 is 1.07 bits per heavy atom. The molecular formula is C18H24Br9N3. The van der Waals surface area contributed by atoms with E-state index in [1.165, 1.54) is 0 Å². The molecule has 0 bridgehead atoms. The molecule has 0 aliphatic rings. The lowest BCUT2D eigenvalue weighted by Crippen LogP contribution is -2.43. The third-order valence-corrected chi connectivity index (χ3v) is 18.2. The molecule has 1 aromatic heterocycles. The lowest BCUT2D eigenvalue weighted by atomic mass is 9.80. The van der Waals surface area contributed by atoms with E-state index < -0.39 is 9.70 Å². The molecule has 3 nitrogen and oxygen atoms in total. The minimum Gasteiger partial charge on any atom is -0.132 e. The van der Waals surface area contributed by atoms with Crippen LogP contribution < -0.4 is 0 Å². The predicted octanol–water partition coefficient (Wildman–Crippen LogP) is 9.96. The second-order valence-electron chi connectivity index (χ2n) is 9.14. The third kappa shape index (κ3) is 5.66. The Balaban J connectivity index is 4.16. The lowest BCUT2D eigenvalue weighted by Gasteiger charge is -2.45. The van der Waals surface area contributed by atoms with Crippen molar-refractivity contribution in [2.24, 2.45) is 16.2 Å². The van der Waals surface area contributed by atoms with Gasteiger partial charge >= 0.3 is 0 Å². The van der Waals surface area contributed by atoms with Crippen molar-refractivity contribution >= 4 is 143 Å². The van der Waals surface area contributed by atoms with Gasteiger partial charge in [-0.15, -0.1) is 10.2 Å². The van der Waals surface area contributed by atoms with Crippen molar-refractivity contribution in [3.8, 4) is 0 Å². The molecule has 0 atom stereocenters. The van der Waals surface area contributed by atoms with Gasteiger partial charge in [-0.2, -0.15) is 0 Å². The summed E-state index contributed by atoms with van der Waals surface area (Å²) in [4.78, 5) is 0. The van der Waals surface area contributed by atoms with Crippen LogP contribution in [-0.2, 0) is 9.70 Å². The summed E-state index contributed by atoms with van der Waals surface area (Å²) >= 11 is 34.7. The summed E-state index contributed by atoms with van der Waals surface area (Å²) in [5, 5.41) is 15.5. The van der Waals surface area contributed by atoms with E-state index >= 15 is 0 Å². The second-order valence-corrected chi connectivity index (χ2v) is 21.1. The fourth-order valence-electron chi connectivity index (χ4n) is 2.29. The van der Waals surface area contributed by atoms with Crippen molar-refractivity contribution in [3.63, 3.8) is 0 Å². The smallest absolute Gasteiger partial charge is 0.130 e. The van der Waals surface area contributed by atoms with Gasteiger partial charge in [-0.25, -0.2) is 0 Å². The highest BCUT2D eigenvalue weighted by atomic mass is 79.9. The summed E-state index contributed by atoms with van der Waals surface area (Å²) in [5.41, 5.74) is 1.62. The minimum atomic E-state index is -0.680. The molecule has 0 N–H and O–H groups in total. The van der Waals surface area contributed by atoms with E-state index in [2.05, 4.69) is 200 Å². The number of alkyl halides is 9. The third-order valence-electron chi connectivity index (χ3n) is 5.22. The van der Waals surface area contributed by atoms with Crippen LogP contribution in [0.25, 0.3) is 0 Å². The van der Waals surface area contributed by atoms with Crippen LogP contribution in [0.3, 0.4) is 0 Å². The van der Waals surface area contributed by atoms with Crippen LogP contribution in [-0.4, -0.2) is 31.4 Å². The van der Waals surface area contributed by atoms with Crippen molar-refractivity contribution in [3.05, 3.63) is 17.0 Å². The SMILES string of the molecule is CC(C)(CBr)C(Br)(Br)c1nnnc(C(Br)(Br)C(C)(C)CBr)c1C(Br)(Br)C(C)(C)CBr. The zero-order chi connectivity index (χ0) is 24.0. The molecule has 0 radical (unpaired) electrons. The molecule has 1 aromatic rings. The van der Waals surface area contributed by atoms with Gasteiger partial charge in [-0.3, -0.25) is 0 Å². The van der Waals surface area contributed by atoms with Crippen molar-refractivity contribution < 1.29 is 0 Å². The predicted molar refractivity (Wildman–Crippen MR) is 161 cm³/mol. The quantitative estimate of drug-likeness (QED) is 0.232. The van der Waals surface area contributed by atoms with Crippen LogP contribution in [0.4, 0.5) is 0 Å². The standard InChI is InChI=1S/C18H24Br9N3/c1-13(2,7-19)16(22,23)10-11(17(24,25)14(3,4)8-20)28-30-29-12(10)18(26,27)15(5,6)9-21/h7-9H2,1-6H3. The van der Waals surface area contributed by atoms with E-state index in [-0.39, 0.29) is 16.2 Å². The Kier molecular flexibility index (Phi) is 11.2. The van der Waals surface area contributed by atoms with E-state index in [9.17, 15) is 0 Å². The summed E-state index contributed by atoms with van der Waals surface area (Å²) < 4.78 is -2.03. The molecule has 0 saturated heterocycles. The van der Waals surface area contributed by atoms with Gasteiger partial charge in [0.05, 0.1) is 0 Å². The van der Waals surface area contributed by atoms with E-state index in [0.29, 0.717) is 0 Å². The van der Waals surface area contributed by atoms with Crippen molar-refractivity contribution in [2.45, 2.75) is 51.2 Å². The summed E-state index contributed by atoms with van der Waals surface area (Å²) in [6.07, 6.45) is 0. The molecule has 0 unspecified atom stereocenters. The molecule has 174 valence electrons. The molecule has 0 fully saturated rings. The lowest BCUT2D eigenvalue weighted by molar-refractivity contribution is 0.351. The van der Waals surface area contributed by atoms with Crippen LogP contribution in [0.2, 0.25) is 0 Å². The first-order valence-corrected chi connectivity index (χ1v) is 17.0. The maximum Gasteiger partial charge on any atom is 0.130 e.